The molecule has 4 amide bonds. The summed E-state index contributed by atoms with van der Waals surface area (Å²) in [6.07, 6.45) is 6.48. The van der Waals surface area contributed by atoms with E-state index in [0.29, 0.717) is 36.4 Å². The van der Waals surface area contributed by atoms with Crippen LogP contribution in [0.3, 0.4) is 0 Å². The molecule has 9 nitrogen and oxygen atoms in total. The Kier molecular flexibility index (Phi) is 7.92. The zero-order valence-corrected chi connectivity index (χ0v) is 20.2. The van der Waals surface area contributed by atoms with Crippen molar-refractivity contribution in [2.75, 3.05) is 40.4 Å². The number of rotatable bonds is 9. The number of carbonyl (C=O) groups excluding carboxylic acids is 3. The van der Waals surface area contributed by atoms with Crippen molar-refractivity contribution in [1.29, 1.82) is 0 Å². The third-order valence-corrected chi connectivity index (χ3v) is 7.36. The molecule has 34 heavy (non-hydrogen) atoms. The maximum absolute atomic E-state index is 12.8. The number of methoxy groups -OCH3 is 2. The summed E-state index contributed by atoms with van der Waals surface area (Å²) in [5.74, 6) is 1.15. The number of hydrogen-bond acceptors (Lipinski definition) is 6. The maximum atomic E-state index is 12.8. The van der Waals surface area contributed by atoms with Crippen molar-refractivity contribution in [2.24, 2.45) is 5.92 Å². The van der Waals surface area contributed by atoms with Gasteiger partial charge in [0.25, 0.3) is 5.91 Å². The van der Waals surface area contributed by atoms with Crippen molar-refractivity contribution in [1.82, 2.24) is 20.4 Å². The van der Waals surface area contributed by atoms with E-state index < -0.39 is 12.1 Å². The molecule has 2 N–H and O–H groups in total. The topological polar surface area (TPSA) is 100 Å². The maximum Gasteiger partial charge on any atom is 0.324 e. The number of ether oxygens (including phenoxy) is 2. The van der Waals surface area contributed by atoms with Gasteiger partial charge in [0.15, 0.2) is 11.5 Å². The Morgan fingerprint density at radius 2 is 1.88 bits per heavy atom. The summed E-state index contributed by atoms with van der Waals surface area (Å²) < 4.78 is 10.6. The predicted octanol–water partition coefficient (Wildman–Crippen LogP) is 1.94. The fourth-order valence-electron chi connectivity index (χ4n) is 5.52. The van der Waals surface area contributed by atoms with Crippen LogP contribution in [-0.4, -0.2) is 80.1 Å². The molecule has 186 valence electrons. The number of nitrogens with zero attached hydrogens (tertiary/aromatic N) is 2. The lowest BCUT2D eigenvalue weighted by Crippen LogP contribution is -2.51. The zero-order chi connectivity index (χ0) is 24.1. The molecular formula is C25H36N4O5. The van der Waals surface area contributed by atoms with Crippen molar-refractivity contribution in [3.8, 4) is 11.5 Å². The Morgan fingerprint density at radius 1 is 1.09 bits per heavy atom. The van der Waals surface area contributed by atoms with Crippen molar-refractivity contribution < 1.29 is 23.9 Å². The Bertz CT molecular complexity index is 905. The van der Waals surface area contributed by atoms with E-state index in [9.17, 15) is 14.4 Å². The minimum Gasteiger partial charge on any atom is -0.493 e. The number of nitrogens with one attached hydrogen (secondary N) is 2. The van der Waals surface area contributed by atoms with Gasteiger partial charge in [0, 0.05) is 19.1 Å². The first-order valence-electron chi connectivity index (χ1n) is 12.3. The molecule has 0 spiro atoms. The van der Waals surface area contributed by atoms with E-state index in [-0.39, 0.29) is 24.8 Å². The summed E-state index contributed by atoms with van der Waals surface area (Å²) >= 11 is 0. The largest absolute Gasteiger partial charge is 0.493 e. The van der Waals surface area contributed by atoms with E-state index in [4.69, 9.17) is 9.47 Å². The molecule has 3 fully saturated rings. The van der Waals surface area contributed by atoms with Crippen LogP contribution in [0, 0.1) is 5.92 Å². The smallest absolute Gasteiger partial charge is 0.324 e. The first-order valence-corrected chi connectivity index (χ1v) is 12.3. The highest BCUT2D eigenvalue weighted by Gasteiger charge is 2.39. The second kappa shape index (κ2) is 11.1. The standard InChI is InChI=1S/C25H36N4O5/c1-33-21-9-8-17(14-22(21)34-2)10-13-29-24(31)19(27-25(29)32)15-23(30)26-16-18-6-5-12-28-11-4-3-7-20(18)28/h8-9,14,18-20H,3-7,10-13,15-16H2,1-2H3,(H,26,30)(H,27,32)/t18-,19?,20+/m0/s1. The predicted molar refractivity (Wildman–Crippen MR) is 127 cm³/mol. The fourth-order valence-corrected chi connectivity index (χ4v) is 5.52. The molecule has 3 heterocycles. The fraction of sp³-hybridized carbons (Fsp3) is 0.640. The van der Waals surface area contributed by atoms with E-state index in [1.54, 1.807) is 20.3 Å². The van der Waals surface area contributed by atoms with Gasteiger partial charge < -0.3 is 25.0 Å². The monoisotopic (exact) mass is 472 g/mol. The highest BCUT2D eigenvalue weighted by Crippen LogP contribution is 2.30. The van der Waals surface area contributed by atoms with Crippen molar-refractivity contribution in [3.63, 3.8) is 0 Å². The van der Waals surface area contributed by atoms with Gasteiger partial charge in [0.1, 0.15) is 6.04 Å². The first-order chi connectivity index (χ1) is 16.5. The lowest BCUT2D eigenvalue weighted by molar-refractivity contribution is -0.131. The molecule has 3 saturated heterocycles. The third-order valence-electron chi connectivity index (χ3n) is 7.36. The summed E-state index contributed by atoms with van der Waals surface area (Å²) in [7, 11) is 3.13. The van der Waals surface area contributed by atoms with E-state index in [1.807, 2.05) is 12.1 Å². The number of urea groups is 1. The Morgan fingerprint density at radius 3 is 2.68 bits per heavy atom. The average molecular weight is 473 g/mol. The molecule has 0 aliphatic carbocycles. The highest BCUT2D eigenvalue weighted by atomic mass is 16.5. The van der Waals surface area contributed by atoms with E-state index in [2.05, 4.69) is 15.5 Å². The normalized spacial score (nSPS) is 25.0. The SMILES string of the molecule is COc1ccc(CCN2C(=O)NC(CC(=O)NC[C@@H]3CCCN4CCCC[C@H]34)C2=O)cc1OC. The molecule has 0 bridgehead atoms. The van der Waals surface area contributed by atoms with Crippen molar-refractivity contribution in [2.45, 2.75) is 57.0 Å². The Hall–Kier alpha value is -2.81. The summed E-state index contributed by atoms with van der Waals surface area (Å²) in [6.45, 7) is 3.20. The second-order valence-electron chi connectivity index (χ2n) is 9.44. The summed E-state index contributed by atoms with van der Waals surface area (Å²) in [4.78, 5) is 41.6. The molecule has 4 rings (SSSR count). The average Bonchev–Trinajstić information content (AvgIpc) is 3.12. The summed E-state index contributed by atoms with van der Waals surface area (Å²) in [5.41, 5.74) is 0.920. The van der Waals surface area contributed by atoms with Crippen LogP contribution in [0.4, 0.5) is 4.79 Å². The van der Waals surface area contributed by atoms with E-state index in [0.717, 1.165) is 25.1 Å². The molecule has 0 saturated carbocycles. The van der Waals surface area contributed by atoms with Crippen LogP contribution in [-0.2, 0) is 16.0 Å². The zero-order valence-electron chi connectivity index (χ0n) is 20.2. The minimum atomic E-state index is -0.810. The minimum absolute atomic E-state index is 0.0292. The van der Waals surface area contributed by atoms with Crippen molar-refractivity contribution in [3.05, 3.63) is 23.8 Å². The van der Waals surface area contributed by atoms with Crippen LogP contribution in [0.1, 0.15) is 44.1 Å². The molecule has 1 aromatic carbocycles. The van der Waals surface area contributed by atoms with Gasteiger partial charge in [-0.05, 0) is 68.8 Å². The van der Waals surface area contributed by atoms with Crippen LogP contribution >= 0.6 is 0 Å². The van der Waals surface area contributed by atoms with Gasteiger partial charge in [-0.3, -0.25) is 14.5 Å². The first kappa shape index (κ1) is 24.3. The number of amides is 4. The number of piperidine rings is 2. The molecule has 3 aliphatic rings. The van der Waals surface area contributed by atoms with Crippen LogP contribution in [0.5, 0.6) is 11.5 Å². The van der Waals surface area contributed by atoms with Gasteiger partial charge in [-0.25, -0.2) is 4.79 Å². The van der Waals surface area contributed by atoms with Gasteiger partial charge in [-0.1, -0.05) is 12.5 Å². The van der Waals surface area contributed by atoms with Gasteiger partial charge in [0.2, 0.25) is 5.91 Å². The highest BCUT2D eigenvalue weighted by molar-refractivity contribution is 6.05. The molecule has 3 aliphatic heterocycles. The summed E-state index contributed by atoms with van der Waals surface area (Å²) in [5, 5.41) is 5.70. The van der Waals surface area contributed by atoms with Crippen molar-refractivity contribution >= 4 is 17.8 Å². The molecule has 1 aromatic rings. The van der Waals surface area contributed by atoms with E-state index in [1.165, 1.54) is 30.6 Å². The number of benzene rings is 1. The van der Waals surface area contributed by atoms with Gasteiger partial charge >= 0.3 is 6.03 Å². The third kappa shape index (κ3) is 5.46. The van der Waals surface area contributed by atoms with Crippen LogP contribution in [0.15, 0.2) is 18.2 Å². The molecule has 0 aromatic heterocycles. The van der Waals surface area contributed by atoms with E-state index >= 15 is 0 Å². The lowest BCUT2D eigenvalue weighted by Gasteiger charge is -2.44. The number of fused-ring (bicyclic) bond motifs is 1. The molecule has 1 unspecified atom stereocenters. The van der Waals surface area contributed by atoms with Gasteiger partial charge in [-0.15, -0.1) is 0 Å². The molecule has 9 heteroatoms. The van der Waals surface area contributed by atoms with Crippen LogP contribution in [0.2, 0.25) is 0 Å². The summed E-state index contributed by atoms with van der Waals surface area (Å²) in [6, 6.07) is 4.81. The quantitative estimate of drug-likeness (QED) is 0.533. The Labute approximate surface area is 201 Å². The lowest BCUT2D eigenvalue weighted by atomic mass is 9.83. The van der Waals surface area contributed by atoms with Gasteiger partial charge in [-0.2, -0.15) is 0 Å². The number of hydrogen-bond donors (Lipinski definition) is 2. The number of imide groups is 1. The number of carbonyl (C=O) groups is 3. The molecule has 0 radical (unpaired) electrons. The van der Waals surface area contributed by atoms with Crippen LogP contribution < -0.4 is 20.1 Å². The molecule has 3 atom stereocenters. The second-order valence-corrected chi connectivity index (χ2v) is 9.44. The molecular weight excluding hydrogens is 436 g/mol. The van der Waals surface area contributed by atoms with Gasteiger partial charge in [0.05, 0.1) is 20.6 Å². The Balaban J connectivity index is 1.26. The van der Waals surface area contributed by atoms with Crippen LogP contribution in [0.25, 0.3) is 0 Å².